The molecule has 1 fully saturated rings. The van der Waals surface area contributed by atoms with Crippen molar-refractivity contribution in [3.8, 4) is 0 Å². The van der Waals surface area contributed by atoms with Gasteiger partial charge < -0.3 is 15.7 Å². The maximum atomic E-state index is 11.7. The fraction of sp³-hybridized carbons (Fsp3) is 0.692. The lowest BCUT2D eigenvalue weighted by molar-refractivity contribution is -0.139. The molecule has 0 spiro atoms. The van der Waals surface area contributed by atoms with E-state index in [1.54, 1.807) is 13.8 Å². The second kappa shape index (κ2) is 7.05. The lowest BCUT2D eigenvalue weighted by Crippen LogP contribution is -2.53. The molecule has 1 heterocycles. The predicted molar refractivity (Wildman–Crippen MR) is 73.4 cm³/mol. The van der Waals surface area contributed by atoms with E-state index in [0.717, 1.165) is 6.42 Å². The fourth-order valence-corrected chi connectivity index (χ4v) is 2.18. The maximum absolute atomic E-state index is 11.7. The second-order valence-corrected chi connectivity index (χ2v) is 5.92. The van der Waals surface area contributed by atoms with Crippen LogP contribution in [0.5, 0.6) is 0 Å². The molecule has 4 N–H and O–H groups in total. The van der Waals surface area contributed by atoms with E-state index >= 15 is 0 Å². The van der Waals surface area contributed by atoms with E-state index in [1.807, 2.05) is 0 Å². The SMILES string of the molecule is CC(C)(CC(=O)O)CC(=O)NC(=O)NC1CCCNC1=O. The van der Waals surface area contributed by atoms with Gasteiger partial charge in [0.15, 0.2) is 0 Å². The molecule has 1 saturated heterocycles. The third-order valence-electron chi connectivity index (χ3n) is 3.11. The molecule has 1 aliphatic rings. The van der Waals surface area contributed by atoms with Crippen molar-refractivity contribution in [1.29, 1.82) is 0 Å². The fourth-order valence-electron chi connectivity index (χ4n) is 2.18. The average molecular weight is 299 g/mol. The zero-order valence-corrected chi connectivity index (χ0v) is 12.2. The largest absolute Gasteiger partial charge is 0.481 e. The van der Waals surface area contributed by atoms with E-state index in [4.69, 9.17) is 5.11 Å². The van der Waals surface area contributed by atoms with Crippen LogP contribution in [0.2, 0.25) is 0 Å². The van der Waals surface area contributed by atoms with Crippen molar-refractivity contribution in [2.75, 3.05) is 6.54 Å². The van der Waals surface area contributed by atoms with E-state index in [-0.39, 0.29) is 18.7 Å². The average Bonchev–Trinajstić information content (AvgIpc) is 2.28. The smallest absolute Gasteiger partial charge is 0.322 e. The first kappa shape index (κ1) is 16.9. The topological polar surface area (TPSA) is 125 Å². The number of carboxylic acids is 1. The lowest BCUT2D eigenvalue weighted by atomic mass is 9.85. The number of nitrogens with one attached hydrogen (secondary N) is 3. The molecule has 0 aromatic carbocycles. The highest BCUT2D eigenvalue weighted by molar-refractivity contribution is 5.96. The molecule has 118 valence electrons. The summed E-state index contributed by atoms with van der Waals surface area (Å²) in [7, 11) is 0. The number of hydrogen-bond acceptors (Lipinski definition) is 4. The Kier molecular flexibility index (Phi) is 5.69. The van der Waals surface area contributed by atoms with Crippen molar-refractivity contribution in [3.05, 3.63) is 0 Å². The minimum absolute atomic E-state index is 0.0937. The number of rotatable bonds is 5. The molecule has 21 heavy (non-hydrogen) atoms. The normalized spacial score (nSPS) is 18.6. The molecule has 8 nitrogen and oxygen atoms in total. The van der Waals surface area contributed by atoms with Gasteiger partial charge in [-0.15, -0.1) is 0 Å². The molecule has 0 aromatic rings. The molecule has 8 heteroatoms. The number of aliphatic carboxylic acids is 1. The molecule has 1 rings (SSSR count). The van der Waals surface area contributed by atoms with Gasteiger partial charge in [-0.3, -0.25) is 19.7 Å². The molecule has 0 aliphatic carbocycles. The number of imide groups is 1. The highest BCUT2D eigenvalue weighted by Gasteiger charge is 2.27. The maximum Gasteiger partial charge on any atom is 0.322 e. The Hall–Kier alpha value is -2.12. The highest BCUT2D eigenvalue weighted by Crippen LogP contribution is 2.24. The van der Waals surface area contributed by atoms with Gasteiger partial charge in [-0.25, -0.2) is 4.79 Å². The molecule has 1 unspecified atom stereocenters. The van der Waals surface area contributed by atoms with Gasteiger partial charge in [0, 0.05) is 13.0 Å². The Bertz CT molecular complexity index is 447. The Morgan fingerprint density at radius 3 is 2.57 bits per heavy atom. The van der Waals surface area contributed by atoms with Crippen molar-refractivity contribution in [2.24, 2.45) is 5.41 Å². The van der Waals surface area contributed by atoms with Crippen LogP contribution in [0.3, 0.4) is 0 Å². The lowest BCUT2D eigenvalue weighted by Gasteiger charge is -2.24. The number of carbonyl (C=O) groups is 4. The van der Waals surface area contributed by atoms with Crippen molar-refractivity contribution in [3.63, 3.8) is 0 Å². The summed E-state index contributed by atoms with van der Waals surface area (Å²) in [6, 6.07) is -1.38. The van der Waals surface area contributed by atoms with Crippen molar-refractivity contribution < 1.29 is 24.3 Å². The zero-order valence-electron chi connectivity index (χ0n) is 12.2. The Balaban J connectivity index is 2.41. The van der Waals surface area contributed by atoms with E-state index in [0.29, 0.717) is 13.0 Å². The molecule has 0 saturated carbocycles. The summed E-state index contributed by atoms with van der Waals surface area (Å²) < 4.78 is 0. The van der Waals surface area contributed by atoms with Gasteiger partial charge in [-0.2, -0.15) is 0 Å². The van der Waals surface area contributed by atoms with Crippen LogP contribution in [0.25, 0.3) is 0 Å². The van der Waals surface area contributed by atoms with Crippen LogP contribution >= 0.6 is 0 Å². The van der Waals surface area contributed by atoms with Gasteiger partial charge in [-0.1, -0.05) is 13.8 Å². The van der Waals surface area contributed by atoms with Crippen LogP contribution in [0.1, 0.15) is 39.5 Å². The standard InChI is InChI=1S/C13H21N3O5/c1-13(2,7-10(18)19)6-9(17)16-12(21)15-8-4-3-5-14-11(8)20/h8H,3-7H2,1-2H3,(H,14,20)(H,18,19)(H2,15,16,17,21). The summed E-state index contributed by atoms with van der Waals surface area (Å²) in [5.74, 6) is -1.85. The number of piperidine rings is 1. The van der Waals surface area contributed by atoms with Crippen molar-refractivity contribution in [2.45, 2.75) is 45.6 Å². The van der Waals surface area contributed by atoms with Gasteiger partial charge >= 0.3 is 12.0 Å². The van der Waals surface area contributed by atoms with Gasteiger partial charge in [0.2, 0.25) is 11.8 Å². The summed E-state index contributed by atoms with van der Waals surface area (Å²) in [5, 5.41) is 15.9. The number of carboxylic acid groups (broad SMARTS) is 1. The van der Waals surface area contributed by atoms with E-state index in [1.165, 1.54) is 0 Å². The molecular formula is C13H21N3O5. The quantitative estimate of drug-likeness (QED) is 0.568. The van der Waals surface area contributed by atoms with Gasteiger partial charge in [0.05, 0.1) is 6.42 Å². The predicted octanol–water partition coefficient (Wildman–Crippen LogP) is -0.0182. The minimum atomic E-state index is -1.00. The van der Waals surface area contributed by atoms with Crippen molar-refractivity contribution >= 4 is 23.8 Å². The van der Waals surface area contributed by atoms with Crippen LogP contribution < -0.4 is 16.0 Å². The summed E-state index contributed by atoms with van der Waals surface area (Å²) in [6.45, 7) is 3.85. The zero-order chi connectivity index (χ0) is 16.0. The first-order chi connectivity index (χ1) is 9.69. The van der Waals surface area contributed by atoms with Crippen LogP contribution in [0, 0.1) is 5.41 Å². The van der Waals surface area contributed by atoms with Gasteiger partial charge in [0.1, 0.15) is 6.04 Å². The van der Waals surface area contributed by atoms with E-state index in [9.17, 15) is 19.2 Å². The Morgan fingerprint density at radius 1 is 1.33 bits per heavy atom. The second-order valence-electron chi connectivity index (χ2n) is 5.92. The molecular weight excluding hydrogens is 278 g/mol. The first-order valence-electron chi connectivity index (χ1n) is 6.79. The summed E-state index contributed by atoms with van der Waals surface area (Å²) in [6.07, 6.45) is 1.02. The first-order valence-corrected chi connectivity index (χ1v) is 6.79. The summed E-state index contributed by atoms with van der Waals surface area (Å²) >= 11 is 0. The molecule has 0 aromatic heterocycles. The Morgan fingerprint density at radius 2 is 2.00 bits per heavy atom. The molecule has 0 bridgehead atoms. The molecule has 1 atom stereocenters. The van der Waals surface area contributed by atoms with Crippen LogP contribution in [0.4, 0.5) is 4.79 Å². The van der Waals surface area contributed by atoms with Gasteiger partial charge in [-0.05, 0) is 18.3 Å². The van der Waals surface area contributed by atoms with Crippen molar-refractivity contribution in [1.82, 2.24) is 16.0 Å². The highest BCUT2D eigenvalue weighted by atomic mass is 16.4. The number of amides is 4. The third kappa shape index (κ3) is 6.24. The van der Waals surface area contributed by atoms with E-state index in [2.05, 4.69) is 16.0 Å². The monoisotopic (exact) mass is 299 g/mol. The van der Waals surface area contributed by atoms with Crippen LogP contribution in [-0.2, 0) is 14.4 Å². The Labute approximate surface area is 122 Å². The summed E-state index contributed by atoms with van der Waals surface area (Å²) in [5.41, 5.74) is -0.752. The molecule has 0 radical (unpaired) electrons. The van der Waals surface area contributed by atoms with Crippen LogP contribution in [-0.4, -0.2) is 41.5 Å². The minimum Gasteiger partial charge on any atom is -0.481 e. The molecule has 4 amide bonds. The third-order valence-corrected chi connectivity index (χ3v) is 3.11. The molecule has 1 aliphatic heterocycles. The van der Waals surface area contributed by atoms with Crippen LogP contribution in [0.15, 0.2) is 0 Å². The number of carbonyl (C=O) groups excluding carboxylic acids is 3. The van der Waals surface area contributed by atoms with Gasteiger partial charge in [0.25, 0.3) is 0 Å². The number of hydrogen-bond donors (Lipinski definition) is 4. The summed E-state index contributed by atoms with van der Waals surface area (Å²) in [4.78, 5) is 45.5. The number of urea groups is 1. The van der Waals surface area contributed by atoms with E-state index < -0.39 is 29.4 Å².